The van der Waals surface area contributed by atoms with Crippen molar-refractivity contribution in [3.63, 3.8) is 0 Å². The van der Waals surface area contributed by atoms with Gasteiger partial charge < -0.3 is 14.9 Å². The van der Waals surface area contributed by atoms with Crippen LogP contribution in [0, 0.1) is 0 Å². The molecule has 0 spiro atoms. The Hall–Kier alpha value is -1.65. The van der Waals surface area contributed by atoms with Crippen molar-refractivity contribution in [2.45, 2.75) is 12.5 Å². The number of hydrogen-bond acceptors (Lipinski definition) is 4. The van der Waals surface area contributed by atoms with Gasteiger partial charge in [0.2, 0.25) is 0 Å². The lowest BCUT2D eigenvalue weighted by Crippen LogP contribution is -2.04. The lowest BCUT2D eigenvalue weighted by Gasteiger charge is -2.11. The van der Waals surface area contributed by atoms with Crippen molar-refractivity contribution < 1.29 is 19.7 Å². The summed E-state index contributed by atoms with van der Waals surface area (Å²) in [6.07, 6.45) is -0.421. The number of methoxy groups -OCH3 is 1. The summed E-state index contributed by atoms with van der Waals surface area (Å²) in [4.78, 5) is 11.2. The molecule has 0 amide bonds. The normalized spacial score (nSPS) is 11.9. The summed E-state index contributed by atoms with van der Waals surface area (Å²) < 4.78 is 4.57. The van der Waals surface area contributed by atoms with Gasteiger partial charge in [0.25, 0.3) is 0 Å². The number of aliphatic hydroxyl groups excluding tert-OH is 2. The molecule has 1 atom stereocenters. The molecule has 0 saturated carbocycles. The fourth-order valence-corrected chi connectivity index (χ4v) is 1.42. The van der Waals surface area contributed by atoms with Crippen LogP contribution in [-0.4, -0.2) is 29.9 Å². The maximum absolute atomic E-state index is 11.2. The van der Waals surface area contributed by atoms with Crippen LogP contribution in [0.1, 0.15) is 28.4 Å². The Morgan fingerprint density at radius 1 is 1.41 bits per heavy atom. The zero-order valence-electron chi connectivity index (χ0n) is 9.72. The van der Waals surface area contributed by atoms with Gasteiger partial charge >= 0.3 is 5.97 Å². The first-order chi connectivity index (χ1) is 8.08. The van der Waals surface area contributed by atoms with Gasteiger partial charge in [-0.3, -0.25) is 0 Å². The molecule has 1 aromatic carbocycles. The van der Waals surface area contributed by atoms with E-state index in [1.165, 1.54) is 7.11 Å². The minimum absolute atomic E-state index is 0.142. The average Bonchev–Trinajstić information content (AvgIpc) is 2.37. The molecular weight excluding hydrogens is 220 g/mol. The van der Waals surface area contributed by atoms with E-state index in [1.54, 1.807) is 24.3 Å². The van der Waals surface area contributed by atoms with Gasteiger partial charge in [0.05, 0.1) is 25.4 Å². The first-order valence-electron chi connectivity index (χ1n) is 5.22. The molecule has 0 aliphatic carbocycles. The standard InChI is InChI=1S/C13H16O4/c1-9(8-14)7-12(15)10-3-5-11(6-4-10)13(16)17-2/h3-6,12,14-15H,1,7-8H2,2H3. The molecule has 0 aliphatic heterocycles. The van der Waals surface area contributed by atoms with Crippen LogP contribution in [0.4, 0.5) is 0 Å². The molecule has 1 rings (SSSR count). The van der Waals surface area contributed by atoms with Crippen molar-refractivity contribution in [2.75, 3.05) is 13.7 Å². The fourth-order valence-electron chi connectivity index (χ4n) is 1.42. The first kappa shape index (κ1) is 13.4. The number of rotatable bonds is 5. The minimum atomic E-state index is -0.721. The number of carbonyl (C=O) groups is 1. The van der Waals surface area contributed by atoms with Gasteiger partial charge in [-0.05, 0) is 23.3 Å². The van der Waals surface area contributed by atoms with Gasteiger partial charge in [0.1, 0.15) is 0 Å². The number of esters is 1. The van der Waals surface area contributed by atoms with Crippen molar-refractivity contribution in [3.05, 3.63) is 47.5 Å². The fraction of sp³-hybridized carbons (Fsp3) is 0.308. The molecular formula is C13H16O4. The number of aliphatic hydroxyl groups is 2. The van der Waals surface area contributed by atoms with E-state index in [2.05, 4.69) is 11.3 Å². The second kappa shape index (κ2) is 6.18. The highest BCUT2D eigenvalue weighted by Crippen LogP contribution is 2.20. The highest BCUT2D eigenvalue weighted by Gasteiger charge is 2.10. The predicted octanol–water partition coefficient (Wildman–Crippen LogP) is 1.45. The number of ether oxygens (including phenoxy) is 1. The second-order valence-electron chi connectivity index (χ2n) is 3.74. The Morgan fingerprint density at radius 2 is 2.00 bits per heavy atom. The molecule has 4 heteroatoms. The van der Waals surface area contributed by atoms with E-state index in [0.29, 0.717) is 23.1 Å². The summed E-state index contributed by atoms with van der Waals surface area (Å²) in [5.74, 6) is -0.411. The summed E-state index contributed by atoms with van der Waals surface area (Å²) in [5.41, 5.74) is 1.67. The summed E-state index contributed by atoms with van der Waals surface area (Å²) in [5, 5.41) is 18.6. The van der Waals surface area contributed by atoms with Crippen LogP contribution in [0.2, 0.25) is 0 Å². The predicted molar refractivity (Wildman–Crippen MR) is 63.6 cm³/mol. The van der Waals surface area contributed by atoms with Crippen LogP contribution in [0.15, 0.2) is 36.4 Å². The molecule has 1 unspecified atom stereocenters. The molecule has 0 heterocycles. The van der Waals surface area contributed by atoms with Gasteiger partial charge in [-0.2, -0.15) is 0 Å². The lowest BCUT2D eigenvalue weighted by atomic mass is 10.0. The average molecular weight is 236 g/mol. The zero-order valence-corrected chi connectivity index (χ0v) is 9.72. The van der Waals surface area contributed by atoms with E-state index in [-0.39, 0.29) is 6.61 Å². The maximum atomic E-state index is 11.2. The number of benzene rings is 1. The number of hydrogen-bond donors (Lipinski definition) is 2. The SMILES string of the molecule is C=C(CO)CC(O)c1ccc(C(=O)OC)cc1. The Bertz CT molecular complexity index is 394. The number of carbonyl (C=O) groups excluding carboxylic acids is 1. The molecule has 0 aliphatic rings. The molecule has 92 valence electrons. The van der Waals surface area contributed by atoms with E-state index in [0.717, 1.165) is 0 Å². The van der Waals surface area contributed by atoms with Crippen LogP contribution < -0.4 is 0 Å². The van der Waals surface area contributed by atoms with Crippen LogP contribution in [-0.2, 0) is 4.74 Å². The molecule has 2 N–H and O–H groups in total. The Balaban J connectivity index is 2.73. The molecule has 0 radical (unpaired) electrons. The molecule has 0 bridgehead atoms. The van der Waals surface area contributed by atoms with Crippen molar-refractivity contribution in [3.8, 4) is 0 Å². The molecule has 17 heavy (non-hydrogen) atoms. The third kappa shape index (κ3) is 3.69. The van der Waals surface area contributed by atoms with Crippen molar-refractivity contribution >= 4 is 5.97 Å². The van der Waals surface area contributed by atoms with E-state index in [9.17, 15) is 9.90 Å². The van der Waals surface area contributed by atoms with Gasteiger partial charge in [-0.15, -0.1) is 0 Å². The highest BCUT2D eigenvalue weighted by atomic mass is 16.5. The van der Waals surface area contributed by atoms with Crippen molar-refractivity contribution in [1.82, 2.24) is 0 Å². The van der Waals surface area contributed by atoms with Crippen molar-refractivity contribution in [1.29, 1.82) is 0 Å². The monoisotopic (exact) mass is 236 g/mol. The Labute approximate surface area is 100 Å². The molecule has 0 fully saturated rings. The zero-order chi connectivity index (χ0) is 12.8. The molecule has 1 aromatic rings. The summed E-state index contributed by atoms with van der Waals surface area (Å²) >= 11 is 0. The van der Waals surface area contributed by atoms with E-state index < -0.39 is 12.1 Å². The topological polar surface area (TPSA) is 66.8 Å². The van der Waals surface area contributed by atoms with Gasteiger partial charge in [0, 0.05) is 6.42 Å². The van der Waals surface area contributed by atoms with E-state index in [1.807, 2.05) is 0 Å². The minimum Gasteiger partial charge on any atom is -0.465 e. The first-order valence-corrected chi connectivity index (χ1v) is 5.22. The third-order valence-electron chi connectivity index (χ3n) is 2.42. The third-order valence-corrected chi connectivity index (χ3v) is 2.42. The van der Waals surface area contributed by atoms with E-state index >= 15 is 0 Å². The Kier molecular flexibility index (Phi) is 4.87. The maximum Gasteiger partial charge on any atom is 0.337 e. The van der Waals surface area contributed by atoms with E-state index in [4.69, 9.17) is 5.11 Å². The quantitative estimate of drug-likeness (QED) is 0.599. The van der Waals surface area contributed by atoms with Crippen molar-refractivity contribution in [2.24, 2.45) is 0 Å². The molecule has 4 nitrogen and oxygen atoms in total. The van der Waals surface area contributed by atoms with Crippen LogP contribution in [0.5, 0.6) is 0 Å². The molecule has 0 aromatic heterocycles. The van der Waals surface area contributed by atoms with Gasteiger partial charge in [-0.25, -0.2) is 4.79 Å². The van der Waals surface area contributed by atoms with Crippen LogP contribution >= 0.6 is 0 Å². The summed E-state index contributed by atoms with van der Waals surface area (Å²) in [6.45, 7) is 3.47. The van der Waals surface area contributed by atoms with Crippen LogP contribution in [0.25, 0.3) is 0 Å². The Morgan fingerprint density at radius 3 is 2.47 bits per heavy atom. The second-order valence-corrected chi connectivity index (χ2v) is 3.74. The molecule has 0 saturated heterocycles. The lowest BCUT2D eigenvalue weighted by molar-refractivity contribution is 0.0600. The summed E-state index contributed by atoms with van der Waals surface area (Å²) in [6, 6.07) is 6.49. The van der Waals surface area contributed by atoms with Gasteiger partial charge in [-0.1, -0.05) is 18.7 Å². The van der Waals surface area contributed by atoms with Crippen LogP contribution in [0.3, 0.4) is 0 Å². The largest absolute Gasteiger partial charge is 0.465 e. The summed E-state index contributed by atoms with van der Waals surface area (Å²) in [7, 11) is 1.32. The van der Waals surface area contributed by atoms with Gasteiger partial charge in [0.15, 0.2) is 0 Å². The highest BCUT2D eigenvalue weighted by molar-refractivity contribution is 5.89. The smallest absolute Gasteiger partial charge is 0.337 e.